The van der Waals surface area contributed by atoms with Crippen LogP contribution in [0.1, 0.15) is 24.6 Å². The van der Waals surface area contributed by atoms with Gasteiger partial charge in [0.2, 0.25) is 0 Å². The van der Waals surface area contributed by atoms with Crippen LogP contribution in [-0.4, -0.2) is 38.6 Å². The lowest BCUT2D eigenvalue weighted by Crippen LogP contribution is -2.13. The van der Waals surface area contributed by atoms with Crippen LogP contribution >= 0.6 is 0 Å². The molecule has 0 radical (unpaired) electrons. The molecule has 7 nitrogen and oxygen atoms in total. The van der Waals surface area contributed by atoms with Crippen molar-refractivity contribution < 1.29 is 0 Å². The quantitative estimate of drug-likeness (QED) is 0.808. The second kappa shape index (κ2) is 5.21. The first kappa shape index (κ1) is 11.9. The average Bonchev–Trinajstić information content (AvgIpc) is 3.17. The van der Waals surface area contributed by atoms with Crippen molar-refractivity contribution in [2.45, 2.75) is 25.3 Å². The topological polar surface area (TPSA) is 80.5 Å². The second-order valence-electron chi connectivity index (χ2n) is 4.61. The van der Waals surface area contributed by atoms with Gasteiger partial charge in [-0.15, -0.1) is 5.10 Å². The van der Waals surface area contributed by atoms with Crippen LogP contribution in [0.25, 0.3) is 0 Å². The fraction of sp³-hybridized carbons (Fsp3) is 0.500. The number of hydrogen-bond acceptors (Lipinski definition) is 6. The predicted molar refractivity (Wildman–Crippen MR) is 72.1 cm³/mol. The molecule has 1 aliphatic carbocycles. The van der Waals surface area contributed by atoms with Gasteiger partial charge in [-0.25, -0.2) is 9.97 Å². The molecular weight excluding hydrogens is 242 g/mol. The third-order valence-electron chi connectivity index (χ3n) is 3.06. The maximum atomic E-state index is 4.55. The van der Waals surface area contributed by atoms with Gasteiger partial charge in [0.1, 0.15) is 17.5 Å². The van der Waals surface area contributed by atoms with E-state index in [9.17, 15) is 0 Å². The third-order valence-corrected chi connectivity index (χ3v) is 3.06. The van der Waals surface area contributed by atoms with Gasteiger partial charge in [0.25, 0.3) is 0 Å². The SMILES string of the molecule is CNc1cc(NCCn2ccnn2)nc(C2CC2)n1. The van der Waals surface area contributed by atoms with Gasteiger partial charge >= 0.3 is 0 Å². The third kappa shape index (κ3) is 2.98. The molecule has 0 saturated heterocycles. The zero-order valence-electron chi connectivity index (χ0n) is 10.9. The van der Waals surface area contributed by atoms with Crippen LogP contribution in [-0.2, 0) is 6.54 Å². The summed E-state index contributed by atoms with van der Waals surface area (Å²) in [6, 6.07) is 1.92. The number of rotatable bonds is 6. The molecule has 0 aromatic carbocycles. The van der Waals surface area contributed by atoms with Crippen LogP contribution < -0.4 is 10.6 Å². The van der Waals surface area contributed by atoms with Gasteiger partial charge in [-0.3, -0.25) is 4.68 Å². The summed E-state index contributed by atoms with van der Waals surface area (Å²) in [7, 11) is 1.87. The highest BCUT2D eigenvalue weighted by molar-refractivity contribution is 5.47. The highest BCUT2D eigenvalue weighted by atomic mass is 15.4. The van der Waals surface area contributed by atoms with Crippen molar-refractivity contribution in [1.29, 1.82) is 0 Å². The lowest BCUT2D eigenvalue weighted by Gasteiger charge is -2.09. The van der Waals surface area contributed by atoms with E-state index in [2.05, 4.69) is 30.9 Å². The highest BCUT2D eigenvalue weighted by Gasteiger charge is 2.27. The van der Waals surface area contributed by atoms with Crippen LogP contribution in [0.4, 0.5) is 11.6 Å². The van der Waals surface area contributed by atoms with Crippen LogP contribution in [0, 0.1) is 0 Å². The summed E-state index contributed by atoms with van der Waals surface area (Å²) in [5, 5.41) is 14.1. The summed E-state index contributed by atoms with van der Waals surface area (Å²) < 4.78 is 1.79. The van der Waals surface area contributed by atoms with E-state index in [0.717, 1.165) is 30.5 Å². The Hall–Kier alpha value is -2.18. The second-order valence-corrected chi connectivity index (χ2v) is 4.61. The number of aromatic nitrogens is 5. The zero-order valence-corrected chi connectivity index (χ0v) is 10.9. The van der Waals surface area contributed by atoms with Crippen molar-refractivity contribution >= 4 is 11.6 Å². The first-order chi connectivity index (χ1) is 9.35. The fourth-order valence-electron chi connectivity index (χ4n) is 1.86. The Balaban J connectivity index is 1.64. The lowest BCUT2D eigenvalue weighted by atomic mass is 10.3. The van der Waals surface area contributed by atoms with Crippen molar-refractivity contribution in [2.75, 3.05) is 24.2 Å². The van der Waals surface area contributed by atoms with Crippen LogP contribution in [0.15, 0.2) is 18.5 Å². The van der Waals surface area contributed by atoms with E-state index in [1.165, 1.54) is 12.8 Å². The zero-order chi connectivity index (χ0) is 13.1. The Labute approximate surface area is 111 Å². The smallest absolute Gasteiger partial charge is 0.136 e. The molecule has 0 amide bonds. The summed E-state index contributed by atoms with van der Waals surface area (Å²) in [6.45, 7) is 1.52. The van der Waals surface area contributed by atoms with E-state index in [1.54, 1.807) is 10.9 Å². The Kier molecular flexibility index (Phi) is 3.26. The minimum absolute atomic E-state index is 0.546. The van der Waals surface area contributed by atoms with E-state index >= 15 is 0 Å². The molecule has 0 unspecified atom stereocenters. The van der Waals surface area contributed by atoms with Crippen molar-refractivity contribution in [3.8, 4) is 0 Å². The minimum atomic E-state index is 0.546. The highest BCUT2D eigenvalue weighted by Crippen LogP contribution is 2.38. The average molecular weight is 259 g/mol. The van der Waals surface area contributed by atoms with Gasteiger partial charge in [0.05, 0.1) is 12.7 Å². The van der Waals surface area contributed by atoms with Crippen molar-refractivity contribution in [3.05, 3.63) is 24.3 Å². The number of nitrogens with zero attached hydrogens (tertiary/aromatic N) is 5. The molecule has 0 spiro atoms. The molecule has 0 aliphatic heterocycles. The summed E-state index contributed by atoms with van der Waals surface area (Å²) in [6.07, 6.45) is 5.92. The van der Waals surface area contributed by atoms with Crippen molar-refractivity contribution in [2.24, 2.45) is 0 Å². The van der Waals surface area contributed by atoms with E-state index < -0.39 is 0 Å². The number of hydrogen-bond donors (Lipinski definition) is 2. The largest absolute Gasteiger partial charge is 0.373 e. The summed E-state index contributed by atoms with van der Waals surface area (Å²) in [5.74, 6) is 3.21. The Morgan fingerprint density at radius 1 is 1.32 bits per heavy atom. The summed E-state index contributed by atoms with van der Waals surface area (Å²) in [4.78, 5) is 9.04. The van der Waals surface area contributed by atoms with Crippen LogP contribution in [0.2, 0.25) is 0 Å². The van der Waals surface area contributed by atoms with Crippen LogP contribution in [0.3, 0.4) is 0 Å². The molecule has 1 aliphatic rings. The normalized spacial score (nSPS) is 14.4. The van der Waals surface area contributed by atoms with Gasteiger partial charge < -0.3 is 10.6 Å². The monoisotopic (exact) mass is 259 g/mol. The number of anilines is 2. The van der Waals surface area contributed by atoms with E-state index in [0.29, 0.717) is 5.92 Å². The molecule has 7 heteroatoms. The number of nitrogens with one attached hydrogen (secondary N) is 2. The molecule has 2 aromatic heterocycles. The molecule has 2 aromatic rings. The summed E-state index contributed by atoms with van der Waals surface area (Å²) in [5.41, 5.74) is 0. The predicted octanol–water partition coefficient (Wildman–Crippen LogP) is 1.10. The molecular formula is C12H17N7. The molecule has 19 heavy (non-hydrogen) atoms. The molecule has 0 atom stereocenters. The first-order valence-corrected chi connectivity index (χ1v) is 6.50. The van der Waals surface area contributed by atoms with E-state index in [-0.39, 0.29) is 0 Å². The standard InChI is InChI=1S/C12H17N7/c1-13-10-8-11(17-12(16-10)9-2-3-9)14-4-6-19-7-5-15-18-19/h5,7-9H,2-4,6H2,1H3,(H2,13,14,16,17). The minimum Gasteiger partial charge on any atom is -0.373 e. The molecule has 0 bridgehead atoms. The van der Waals surface area contributed by atoms with Crippen LogP contribution in [0.5, 0.6) is 0 Å². The molecule has 100 valence electrons. The van der Waals surface area contributed by atoms with Gasteiger partial charge in [-0.1, -0.05) is 5.21 Å². The van der Waals surface area contributed by atoms with E-state index in [4.69, 9.17) is 0 Å². The van der Waals surface area contributed by atoms with E-state index in [1.807, 2.05) is 19.3 Å². The van der Waals surface area contributed by atoms with Gasteiger partial charge in [0, 0.05) is 31.8 Å². The first-order valence-electron chi connectivity index (χ1n) is 6.50. The molecule has 1 fully saturated rings. The summed E-state index contributed by atoms with van der Waals surface area (Å²) >= 11 is 0. The molecule has 2 heterocycles. The fourth-order valence-corrected chi connectivity index (χ4v) is 1.86. The Morgan fingerprint density at radius 2 is 2.16 bits per heavy atom. The van der Waals surface area contributed by atoms with Gasteiger partial charge in [-0.2, -0.15) is 0 Å². The van der Waals surface area contributed by atoms with Gasteiger partial charge in [-0.05, 0) is 12.8 Å². The Bertz CT molecular complexity index is 533. The lowest BCUT2D eigenvalue weighted by molar-refractivity contribution is 0.608. The molecule has 2 N–H and O–H groups in total. The van der Waals surface area contributed by atoms with Crippen molar-refractivity contribution in [3.63, 3.8) is 0 Å². The Morgan fingerprint density at radius 3 is 2.84 bits per heavy atom. The maximum absolute atomic E-state index is 4.55. The molecule has 1 saturated carbocycles. The maximum Gasteiger partial charge on any atom is 0.136 e. The van der Waals surface area contributed by atoms with Crippen molar-refractivity contribution in [1.82, 2.24) is 25.0 Å². The van der Waals surface area contributed by atoms with Gasteiger partial charge in [0.15, 0.2) is 0 Å². The molecule has 3 rings (SSSR count).